The van der Waals surface area contributed by atoms with Crippen LogP contribution in [0.5, 0.6) is 0 Å². The lowest BCUT2D eigenvalue weighted by molar-refractivity contribution is 0.0945. The molecule has 0 saturated heterocycles. The molecule has 0 aliphatic carbocycles. The number of methoxy groups -OCH3 is 1. The molecule has 0 fully saturated rings. The van der Waals surface area contributed by atoms with Crippen LogP contribution in [-0.4, -0.2) is 35.9 Å². The van der Waals surface area contributed by atoms with E-state index in [1.165, 1.54) is 0 Å². The molecular formula is C18H20N4O2. The van der Waals surface area contributed by atoms with Crippen molar-refractivity contribution in [3.63, 3.8) is 0 Å². The first-order valence-corrected chi connectivity index (χ1v) is 7.81. The van der Waals surface area contributed by atoms with Crippen molar-refractivity contribution < 1.29 is 9.53 Å². The van der Waals surface area contributed by atoms with E-state index in [1.54, 1.807) is 17.9 Å². The van der Waals surface area contributed by atoms with Crippen molar-refractivity contribution in [2.24, 2.45) is 0 Å². The van der Waals surface area contributed by atoms with Crippen molar-refractivity contribution >= 4 is 22.5 Å². The van der Waals surface area contributed by atoms with E-state index in [-0.39, 0.29) is 5.91 Å². The highest BCUT2D eigenvalue weighted by molar-refractivity contribution is 6.05. The zero-order valence-corrected chi connectivity index (χ0v) is 13.5. The number of aromatic nitrogens is 2. The molecule has 1 amide bonds. The van der Waals surface area contributed by atoms with Crippen LogP contribution in [0.15, 0.2) is 48.5 Å². The summed E-state index contributed by atoms with van der Waals surface area (Å²) in [6.07, 6.45) is 0.756. The number of nitrogens with one attached hydrogen (secondary N) is 1. The molecule has 124 valence electrons. The first kappa shape index (κ1) is 16.0. The van der Waals surface area contributed by atoms with E-state index in [0.717, 1.165) is 23.0 Å². The number of fused-ring (bicyclic) bond motifs is 1. The zero-order valence-electron chi connectivity index (χ0n) is 13.5. The normalized spacial score (nSPS) is 10.9. The lowest BCUT2D eigenvalue weighted by Crippen LogP contribution is -2.25. The second kappa shape index (κ2) is 7.14. The molecule has 0 atom stereocenters. The Morgan fingerprint density at radius 1 is 1.25 bits per heavy atom. The van der Waals surface area contributed by atoms with E-state index in [2.05, 4.69) is 10.4 Å². The summed E-state index contributed by atoms with van der Waals surface area (Å²) in [5.41, 5.74) is 8.63. The number of hydrogen-bond acceptors (Lipinski definition) is 4. The quantitative estimate of drug-likeness (QED) is 0.539. The Hall–Kier alpha value is -2.86. The van der Waals surface area contributed by atoms with Crippen LogP contribution in [0, 0.1) is 0 Å². The Balaban J connectivity index is 1.98. The summed E-state index contributed by atoms with van der Waals surface area (Å²) in [5.74, 6) is -0.199. The van der Waals surface area contributed by atoms with Gasteiger partial charge in [-0.05, 0) is 36.8 Å². The fourth-order valence-electron chi connectivity index (χ4n) is 2.57. The van der Waals surface area contributed by atoms with Gasteiger partial charge in [-0.25, -0.2) is 4.68 Å². The van der Waals surface area contributed by atoms with Crippen LogP contribution >= 0.6 is 0 Å². The summed E-state index contributed by atoms with van der Waals surface area (Å²) in [6, 6.07) is 15.1. The van der Waals surface area contributed by atoms with Gasteiger partial charge in [-0.2, -0.15) is 5.10 Å². The summed E-state index contributed by atoms with van der Waals surface area (Å²) in [7, 11) is 1.64. The van der Waals surface area contributed by atoms with E-state index in [1.807, 2.05) is 42.5 Å². The number of benzene rings is 2. The molecule has 3 aromatic rings. The predicted molar refractivity (Wildman–Crippen MR) is 94.3 cm³/mol. The monoisotopic (exact) mass is 324 g/mol. The van der Waals surface area contributed by atoms with Gasteiger partial charge in [0.15, 0.2) is 5.69 Å². The molecule has 1 heterocycles. The number of amides is 1. The minimum atomic E-state index is -0.199. The number of nitrogens with two attached hydrogens (primary N) is 1. The van der Waals surface area contributed by atoms with E-state index in [9.17, 15) is 4.79 Å². The number of ether oxygens (including phenoxy) is 1. The predicted octanol–water partition coefficient (Wildman–Crippen LogP) is 2.37. The van der Waals surface area contributed by atoms with Gasteiger partial charge in [-0.1, -0.05) is 18.2 Å². The standard InChI is InChI=1S/C18H20N4O2/c1-24-11-5-10-20-18(23)17-15-9-8-13(19)12-16(15)22(21-17)14-6-3-2-4-7-14/h2-4,6-9,12H,5,10-11,19H2,1H3,(H,20,23). The minimum absolute atomic E-state index is 0.199. The van der Waals surface area contributed by atoms with Crippen LogP contribution in [0.3, 0.4) is 0 Å². The molecule has 0 bridgehead atoms. The van der Waals surface area contributed by atoms with E-state index >= 15 is 0 Å². The van der Waals surface area contributed by atoms with Crippen LogP contribution in [0.2, 0.25) is 0 Å². The Morgan fingerprint density at radius 3 is 2.79 bits per heavy atom. The summed E-state index contributed by atoms with van der Waals surface area (Å²) in [5, 5.41) is 8.17. The number of nitrogen functional groups attached to an aromatic ring is 1. The van der Waals surface area contributed by atoms with Gasteiger partial charge in [0.05, 0.1) is 11.2 Å². The second-order valence-corrected chi connectivity index (χ2v) is 5.47. The van der Waals surface area contributed by atoms with E-state index < -0.39 is 0 Å². The van der Waals surface area contributed by atoms with Crippen molar-refractivity contribution in [1.29, 1.82) is 0 Å². The molecule has 0 unspecified atom stereocenters. The summed E-state index contributed by atoms with van der Waals surface area (Å²) in [4.78, 5) is 12.5. The smallest absolute Gasteiger partial charge is 0.272 e. The molecule has 24 heavy (non-hydrogen) atoms. The maximum atomic E-state index is 12.5. The Kier molecular flexibility index (Phi) is 4.77. The summed E-state index contributed by atoms with van der Waals surface area (Å²) >= 11 is 0. The van der Waals surface area contributed by atoms with Gasteiger partial charge < -0.3 is 15.8 Å². The third-order valence-corrected chi connectivity index (χ3v) is 3.73. The molecule has 2 aromatic carbocycles. The SMILES string of the molecule is COCCCNC(=O)c1nn(-c2ccccc2)c2cc(N)ccc12. The van der Waals surface area contributed by atoms with E-state index in [4.69, 9.17) is 10.5 Å². The summed E-state index contributed by atoms with van der Waals surface area (Å²) < 4.78 is 6.74. The topological polar surface area (TPSA) is 82.2 Å². The van der Waals surface area contributed by atoms with Crippen LogP contribution in [-0.2, 0) is 4.74 Å². The highest BCUT2D eigenvalue weighted by Crippen LogP contribution is 2.24. The van der Waals surface area contributed by atoms with Gasteiger partial charge in [0, 0.05) is 31.3 Å². The number of hydrogen-bond donors (Lipinski definition) is 2. The lowest BCUT2D eigenvalue weighted by Gasteiger charge is -2.03. The molecule has 3 rings (SSSR count). The number of rotatable bonds is 6. The van der Waals surface area contributed by atoms with Crippen LogP contribution in [0.4, 0.5) is 5.69 Å². The number of anilines is 1. The number of para-hydroxylation sites is 1. The Bertz CT molecular complexity index is 843. The van der Waals surface area contributed by atoms with Crippen molar-refractivity contribution in [2.75, 3.05) is 26.0 Å². The highest BCUT2D eigenvalue weighted by Gasteiger charge is 2.17. The summed E-state index contributed by atoms with van der Waals surface area (Å²) in [6.45, 7) is 1.15. The fourth-order valence-corrected chi connectivity index (χ4v) is 2.57. The lowest BCUT2D eigenvalue weighted by atomic mass is 10.2. The molecule has 0 aliphatic heterocycles. The average Bonchev–Trinajstić information content (AvgIpc) is 2.98. The molecular weight excluding hydrogens is 304 g/mol. The molecule has 0 saturated carbocycles. The maximum absolute atomic E-state index is 12.5. The van der Waals surface area contributed by atoms with Crippen molar-refractivity contribution in [1.82, 2.24) is 15.1 Å². The van der Waals surface area contributed by atoms with Gasteiger partial charge in [0.1, 0.15) is 0 Å². The first-order valence-electron chi connectivity index (χ1n) is 7.81. The third-order valence-electron chi connectivity index (χ3n) is 3.73. The van der Waals surface area contributed by atoms with Crippen molar-refractivity contribution in [3.8, 4) is 5.69 Å². The molecule has 0 aliphatic rings. The Labute approximate surface area is 140 Å². The molecule has 1 aromatic heterocycles. The van der Waals surface area contributed by atoms with Crippen LogP contribution < -0.4 is 11.1 Å². The first-order chi connectivity index (χ1) is 11.7. The van der Waals surface area contributed by atoms with Gasteiger partial charge >= 0.3 is 0 Å². The van der Waals surface area contributed by atoms with Crippen molar-refractivity contribution in [2.45, 2.75) is 6.42 Å². The number of nitrogens with zero attached hydrogens (tertiary/aromatic N) is 2. The second-order valence-electron chi connectivity index (χ2n) is 5.47. The van der Waals surface area contributed by atoms with Gasteiger partial charge in [-0.15, -0.1) is 0 Å². The molecule has 6 heteroatoms. The van der Waals surface area contributed by atoms with Crippen LogP contribution in [0.25, 0.3) is 16.6 Å². The largest absolute Gasteiger partial charge is 0.399 e. The molecule has 3 N–H and O–H groups in total. The van der Waals surface area contributed by atoms with Crippen molar-refractivity contribution in [3.05, 3.63) is 54.2 Å². The van der Waals surface area contributed by atoms with Gasteiger partial charge in [0.2, 0.25) is 0 Å². The zero-order chi connectivity index (χ0) is 16.9. The van der Waals surface area contributed by atoms with E-state index in [0.29, 0.717) is 24.5 Å². The maximum Gasteiger partial charge on any atom is 0.272 e. The molecule has 0 radical (unpaired) electrons. The van der Waals surface area contributed by atoms with Crippen LogP contribution in [0.1, 0.15) is 16.9 Å². The number of carbonyl (C=O) groups excluding carboxylic acids is 1. The Morgan fingerprint density at radius 2 is 2.04 bits per heavy atom. The van der Waals surface area contributed by atoms with Gasteiger partial charge in [0.25, 0.3) is 5.91 Å². The van der Waals surface area contributed by atoms with Gasteiger partial charge in [-0.3, -0.25) is 4.79 Å². The molecule has 6 nitrogen and oxygen atoms in total. The fraction of sp³-hybridized carbons (Fsp3) is 0.222. The average molecular weight is 324 g/mol. The molecule has 0 spiro atoms. The third kappa shape index (κ3) is 3.23. The number of carbonyl (C=O) groups is 1. The highest BCUT2D eigenvalue weighted by atomic mass is 16.5. The minimum Gasteiger partial charge on any atom is -0.399 e.